The van der Waals surface area contributed by atoms with Gasteiger partial charge < -0.3 is 10.2 Å². The first-order chi connectivity index (χ1) is 9.68. The fraction of sp³-hybridized carbons (Fsp3) is 0.0667. The number of aliphatic hydroxyl groups is 1. The van der Waals surface area contributed by atoms with Crippen molar-refractivity contribution in [2.24, 2.45) is 0 Å². The molecule has 100 valence electrons. The predicted octanol–water partition coefficient (Wildman–Crippen LogP) is 3.08. The fourth-order valence-electron chi connectivity index (χ4n) is 2.21. The van der Waals surface area contributed by atoms with Crippen molar-refractivity contribution >= 4 is 28.1 Å². The van der Waals surface area contributed by atoms with Gasteiger partial charge in [0.15, 0.2) is 0 Å². The van der Waals surface area contributed by atoms with Gasteiger partial charge in [0.2, 0.25) is 0 Å². The molecule has 5 heteroatoms. The number of carboxylic acids is 1. The van der Waals surface area contributed by atoms with Crippen LogP contribution in [0.5, 0.6) is 0 Å². The minimum absolute atomic E-state index is 0.135. The standard InChI is InChI=1S/C15H11NO3S/c17-13(14-11(15(18)19)5-6-20-14)12-8-16-7-9-3-1-2-4-10(9)12/h1-8,13,17H,(H,18,19). The Balaban J connectivity index is 2.15. The quantitative estimate of drug-likeness (QED) is 0.776. The minimum Gasteiger partial charge on any atom is -0.478 e. The second-order valence-electron chi connectivity index (χ2n) is 4.36. The lowest BCUT2D eigenvalue weighted by atomic mass is 10.0. The van der Waals surface area contributed by atoms with E-state index in [1.165, 1.54) is 17.4 Å². The molecule has 0 amide bonds. The van der Waals surface area contributed by atoms with Crippen molar-refractivity contribution in [1.82, 2.24) is 4.98 Å². The molecule has 3 rings (SSSR count). The zero-order chi connectivity index (χ0) is 14.1. The van der Waals surface area contributed by atoms with Crippen LogP contribution in [0.4, 0.5) is 0 Å². The van der Waals surface area contributed by atoms with Crippen molar-refractivity contribution in [3.8, 4) is 0 Å². The average molecular weight is 285 g/mol. The summed E-state index contributed by atoms with van der Waals surface area (Å²) >= 11 is 1.23. The third-order valence-corrected chi connectivity index (χ3v) is 4.14. The summed E-state index contributed by atoms with van der Waals surface area (Å²) in [6, 6.07) is 9.08. The third kappa shape index (κ3) is 2.07. The lowest BCUT2D eigenvalue weighted by Gasteiger charge is -2.12. The zero-order valence-electron chi connectivity index (χ0n) is 10.4. The molecular weight excluding hydrogens is 274 g/mol. The van der Waals surface area contributed by atoms with E-state index in [1.807, 2.05) is 24.3 Å². The summed E-state index contributed by atoms with van der Waals surface area (Å²) in [5.41, 5.74) is 0.753. The van der Waals surface area contributed by atoms with E-state index in [4.69, 9.17) is 5.11 Å². The molecule has 0 aliphatic heterocycles. The molecule has 2 aromatic heterocycles. The van der Waals surface area contributed by atoms with Crippen LogP contribution >= 0.6 is 11.3 Å². The van der Waals surface area contributed by atoms with Crippen molar-refractivity contribution in [3.05, 3.63) is 64.1 Å². The number of hydrogen-bond acceptors (Lipinski definition) is 4. The van der Waals surface area contributed by atoms with E-state index in [1.54, 1.807) is 17.8 Å². The maximum atomic E-state index is 11.2. The van der Waals surface area contributed by atoms with Crippen molar-refractivity contribution in [2.45, 2.75) is 6.10 Å². The highest BCUT2D eigenvalue weighted by molar-refractivity contribution is 7.10. The number of fused-ring (bicyclic) bond motifs is 1. The third-order valence-electron chi connectivity index (χ3n) is 3.17. The Bertz CT molecular complexity index is 776. The molecule has 1 atom stereocenters. The molecule has 0 spiro atoms. The minimum atomic E-state index is -1.03. The first kappa shape index (κ1) is 12.8. The summed E-state index contributed by atoms with van der Waals surface area (Å²) in [4.78, 5) is 15.7. The maximum Gasteiger partial charge on any atom is 0.336 e. The highest BCUT2D eigenvalue weighted by Gasteiger charge is 2.21. The molecule has 3 aromatic rings. The molecule has 0 radical (unpaired) electrons. The van der Waals surface area contributed by atoms with Gasteiger partial charge in [0.1, 0.15) is 6.10 Å². The fourth-order valence-corrected chi connectivity index (χ4v) is 3.10. The summed E-state index contributed by atoms with van der Waals surface area (Å²) in [6.45, 7) is 0. The lowest BCUT2D eigenvalue weighted by Crippen LogP contribution is -2.05. The van der Waals surface area contributed by atoms with E-state index in [0.29, 0.717) is 10.4 Å². The number of nitrogens with zero attached hydrogens (tertiary/aromatic N) is 1. The highest BCUT2D eigenvalue weighted by Crippen LogP contribution is 2.33. The molecule has 4 nitrogen and oxygen atoms in total. The van der Waals surface area contributed by atoms with Gasteiger partial charge in [-0.25, -0.2) is 4.79 Å². The van der Waals surface area contributed by atoms with Crippen LogP contribution in [0.3, 0.4) is 0 Å². The molecule has 0 aliphatic rings. The van der Waals surface area contributed by atoms with E-state index in [-0.39, 0.29) is 5.56 Å². The number of pyridine rings is 1. The van der Waals surface area contributed by atoms with Gasteiger partial charge in [-0.2, -0.15) is 0 Å². The van der Waals surface area contributed by atoms with E-state index in [9.17, 15) is 9.90 Å². The molecular formula is C15H11NO3S. The Hall–Kier alpha value is -2.24. The smallest absolute Gasteiger partial charge is 0.336 e. The monoisotopic (exact) mass is 285 g/mol. The van der Waals surface area contributed by atoms with Crippen molar-refractivity contribution in [2.75, 3.05) is 0 Å². The number of rotatable bonds is 3. The van der Waals surface area contributed by atoms with E-state index in [0.717, 1.165) is 10.8 Å². The molecule has 1 aromatic carbocycles. The molecule has 20 heavy (non-hydrogen) atoms. The Morgan fingerprint density at radius 2 is 2.00 bits per heavy atom. The van der Waals surface area contributed by atoms with Gasteiger partial charge in [-0.1, -0.05) is 24.3 Å². The van der Waals surface area contributed by atoms with E-state index in [2.05, 4.69) is 4.98 Å². The maximum absolute atomic E-state index is 11.2. The normalized spacial score (nSPS) is 12.4. The summed E-state index contributed by atoms with van der Waals surface area (Å²) in [6.07, 6.45) is 2.32. The summed E-state index contributed by atoms with van der Waals surface area (Å²) in [7, 11) is 0. The zero-order valence-corrected chi connectivity index (χ0v) is 11.2. The number of hydrogen-bond donors (Lipinski definition) is 2. The number of thiophene rings is 1. The number of benzene rings is 1. The molecule has 2 heterocycles. The van der Waals surface area contributed by atoms with Gasteiger partial charge in [0.05, 0.1) is 10.4 Å². The summed E-state index contributed by atoms with van der Waals surface area (Å²) in [5, 5.41) is 23.1. The van der Waals surface area contributed by atoms with E-state index >= 15 is 0 Å². The predicted molar refractivity (Wildman–Crippen MR) is 77.1 cm³/mol. The van der Waals surface area contributed by atoms with Crippen LogP contribution in [0.2, 0.25) is 0 Å². The van der Waals surface area contributed by atoms with Gasteiger partial charge in [0, 0.05) is 23.3 Å². The topological polar surface area (TPSA) is 70.4 Å². The SMILES string of the molecule is O=C(O)c1ccsc1C(O)c1cncc2ccccc12. The first-order valence-corrected chi connectivity index (χ1v) is 6.88. The summed E-state index contributed by atoms with van der Waals surface area (Å²) < 4.78 is 0. The number of carboxylic acid groups (broad SMARTS) is 1. The summed E-state index contributed by atoms with van der Waals surface area (Å²) in [5.74, 6) is -1.03. The molecule has 0 saturated carbocycles. The number of carbonyl (C=O) groups is 1. The van der Waals surface area contributed by atoms with Gasteiger partial charge in [-0.05, 0) is 16.8 Å². The van der Waals surface area contributed by atoms with Crippen LogP contribution in [0.1, 0.15) is 26.9 Å². The second-order valence-corrected chi connectivity index (χ2v) is 5.30. The van der Waals surface area contributed by atoms with E-state index < -0.39 is 12.1 Å². The van der Waals surface area contributed by atoms with Crippen LogP contribution in [0.15, 0.2) is 48.1 Å². The van der Waals surface area contributed by atoms with Gasteiger partial charge in [0.25, 0.3) is 0 Å². The van der Waals surface area contributed by atoms with Gasteiger partial charge >= 0.3 is 5.97 Å². The molecule has 0 bridgehead atoms. The van der Waals surface area contributed by atoms with Crippen LogP contribution in [0.25, 0.3) is 10.8 Å². The van der Waals surface area contributed by atoms with Crippen molar-refractivity contribution in [3.63, 3.8) is 0 Å². The Morgan fingerprint density at radius 1 is 1.20 bits per heavy atom. The van der Waals surface area contributed by atoms with Gasteiger partial charge in [-0.3, -0.25) is 4.98 Å². The van der Waals surface area contributed by atoms with Gasteiger partial charge in [-0.15, -0.1) is 11.3 Å². The largest absolute Gasteiger partial charge is 0.478 e. The molecule has 1 unspecified atom stereocenters. The molecule has 0 saturated heterocycles. The van der Waals surface area contributed by atoms with Crippen LogP contribution in [0, 0.1) is 0 Å². The van der Waals surface area contributed by atoms with Crippen LogP contribution in [-0.4, -0.2) is 21.2 Å². The first-order valence-electron chi connectivity index (χ1n) is 6.00. The van der Waals surface area contributed by atoms with Crippen LogP contribution in [-0.2, 0) is 0 Å². The number of aromatic carboxylic acids is 1. The molecule has 0 fully saturated rings. The van der Waals surface area contributed by atoms with Crippen molar-refractivity contribution < 1.29 is 15.0 Å². The molecule has 2 N–H and O–H groups in total. The average Bonchev–Trinajstić information content (AvgIpc) is 2.95. The molecule has 0 aliphatic carbocycles. The number of aliphatic hydroxyl groups excluding tert-OH is 1. The van der Waals surface area contributed by atoms with Crippen molar-refractivity contribution in [1.29, 1.82) is 0 Å². The lowest BCUT2D eigenvalue weighted by molar-refractivity contribution is 0.0692. The Kier molecular flexibility index (Phi) is 3.22. The second kappa shape index (κ2) is 5.03. The Labute approximate surface area is 119 Å². The Morgan fingerprint density at radius 3 is 2.80 bits per heavy atom. The highest BCUT2D eigenvalue weighted by atomic mass is 32.1. The number of aromatic nitrogens is 1. The van der Waals surface area contributed by atoms with Crippen LogP contribution < -0.4 is 0 Å².